The number of benzene rings is 1. The number of thioether (sulfide) groups is 1. The van der Waals surface area contributed by atoms with Crippen LogP contribution in [0.1, 0.15) is 21.6 Å². The Morgan fingerprint density at radius 3 is 3.05 bits per heavy atom. The van der Waals surface area contributed by atoms with E-state index in [-0.39, 0.29) is 0 Å². The predicted molar refractivity (Wildman–Crippen MR) is 85.3 cm³/mol. The van der Waals surface area contributed by atoms with Gasteiger partial charge in [0.05, 0.1) is 0 Å². The van der Waals surface area contributed by atoms with Crippen molar-refractivity contribution in [2.75, 3.05) is 22.6 Å². The van der Waals surface area contributed by atoms with Crippen molar-refractivity contribution in [3.8, 4) is 0 Å². The summed E-state index contributed by atoms with van der Waals surface area (Å²) >= 11 is 1.18. The van der Waals surface area contributed by atoms with Crippen LogP contribution in [0.15, 0.2) is 35.6 Å². The summed E-state index contributed by atoms with van der Waals surface area (Å²) in [6.07, 6.45) is 4.85. The first kappa shape index (κ1) is 15.7. The van der Waals surface area contributed by atoms with Gasteiger partial charge in [0, 0.05) is 0 Å². The summed E-state index contributed by atoms with van der Waals surface area (Å²) in [5.74, 6) is 0. The first-order valence-corrected chi connectivity index (χ1v) is 11.4. The van der Waals surface area contributed by atoms with Crippen molar-refractivity contribution in [2.24, 2.45) is 0 Å². The Hall–Kier alpha value is -1.15. The average Bonchev–Trinajstić information content (AvgIpc) is 2.60. The molecule has 0 saturated carbocycles. The van der Waals surface area contributed by atoms with Crippen molar-refractivity contribution in [2.45, 2.75) is 18.1 Å². The van der Waals surface area contributed by atoms with E-state index in [0.29, 0.717) is 3.79 Å². The molecule has 2 aromatic rings. The van der Waals surface area contributed by atoms with Crippen molar-refractivity contribution < 1.29 is 26.0 Å². The number of nitrogens with zero attached hydrogens (tertiary/aromatic N) is 3. The number of alkyl halides is 1. The molecule has 0 fully saturated rings. The molecule has 0 amide bonds. The van der Waals surface area contributed by atoms with Crippen LogP contribution in [-0.2, 0) is 13.0 Å². The Kier molecular flexibility index (Phi) is 4.97. The zero-order chi connectivity index (χ0) is 15.5. The molecule has 1 aromatic heterocycles. The summed E-state index contributed by atoms with van der Waals surface area (Å²) in [4.78, 5) is 25.2. The summed E-state index contributed by atoms with van der Waals surface area (Å²) in [5.41, 5.74) is 4.29. The molecular weight excluding hydrogens is 409 g/mol. The zero-order valence-electron chi connectivity index (χ0n) is 12.5. The van der Waals surface area contributed by atoms with Crippen LogP contribution in [0.2, 0.25) is 0 Å². The number of fused-ring (bicyclic) bond motifs is 1. The van der Waals surface area contributed by atoms with Gasteiger partial charge in [-0.15, -0.1) is 0 Å². The summed E-state index contributed by atoms with van der Waals surface area (Å²) in [5, 5.41) is 0.840. The monoisotopic (exact) mass is 426 g/mol. The Bertz CT molecular complexity index is 708. The molecule has 116 valence electrons. The first-order chi connectivity index (χ1) is 10.7. The molecule has 1 aliphatic rings. The molecule has 0 atom stereocenters. The molecule has 1 aliphatic heterocycles. The number of hydrogen-bond donors (Lipinski definition) is 0. The van der Waals surface area contributed by atoms with Crippen LogP contribution >= 0.6 is 11.8 Å². The predicted octanol–water partition coefficient (Wildman–Crippen LogP) is -0.380. The van der Waals surface area contributed by atoms with E-state index in [2.05, 4.69) is 20.9 Å². The number of carbonyl (C=O) groups is 1. The Morgan fingerprint density at radius 1 is 1.41 bits per heavy atom. The van der Waals surface area contributed by atoms with Crippen LogP contribution in [0, 0.1) is 0 Å². The van der Waals surface area contributed by atoms with E-state index >= 15 is 0 Å². The molecule has 0 aliphatic carbocycles. The fraction of sp³-hybridized carbons (Fsp3) is 0.312. The quantitative estimate of drug-likeness (QED) is 0.219. The van der Waals surface area contributed by atoms with Crippen LogP contribution in [0.4, 0.5) is 5.69 Å². The second-order valence-corrected chi connectivity index (χ2v) is 7.85. The Labute approximate surface area is 145 Å². The van der Waals surface area contributed by atoms with Crippen molar-refractivity contribution in [3.05, 3.63) is 47.3 Å². The first-order valence-electron chi connectivity index (χ1n) is 6.99. The van der Waals surface area contributed by atoms with E-state index in [0.717, 1.165) is 41.6 Å². The summed E-state index contributed by atoms with van der Waals surface area (Å²) in [6.45, 7) is 1.74. The van der Waals surface area contributed by atoms with E-state index in [1.807, 2.05) is 35.6 Å². The van der Waals surface area contributed by atoms with E-state index < -0.39 is 21.2 Å². The molecule has 2 heterocycles. The van der Waals surface area contributed by atoms with Gasteiger partial charge in [0.25, 0.3) is 0 Å². The van der Waals surface area contributed by atoms with E-state index in [1.165, 1.54) is 5.56 Å². The molecule has 1 aromatic carbocycles. The molecule has 22 heavy (non-hydrogen) atoms. The minimum absolute atomic E-state index is 0.297. The molecule has 0 radical (unpaired) electrons. The second-order valence-electron chi connectivity index (χ2n) is 5.01. The van der Waals surface area contributed by atoms with Gasteiger partial charge in [0.1, 0.15) is 0 Å². The maximum atomic E-state index is 11.9. The summed E-state index contributed by atoms with van der Waals surface area (Å²) < 4.78 is 0.297. The van der Waals surface area contributed by atoms with Crippen molar-refractivity contribution in [1.29, 1.82) is 0 Å². The van der Waals surface area contributed by atoms with Gasteiger partial charge in [-0.3, -0.25) is 0 Å². The molecule has 0 spiro atoms. The third-order valence-corrected chi connectivity index (χ3v) is 5.87. The number of hydrogen-bond acceptors (Lipinski definition) is 5. The number of aromatic nitrogens is 2. The summed E-state index contributed by atoms with van der Waals surface area (Å²) in [7, 11) is 0. The Balaban J connectivity index is 1.84. The third kappa shape index (κ3) is 3.27. The molecule has 0 saturated heterocycles. The van der Waals surface area contributed by atoms with Gasteiger partial charge in [-0.2, -0.15) is 0 Å². The minimum atomic E-state index is -0.394. The third-order valence-electron chi connectivity index (χ3n) is 3.70. The molecule has 3 rings (SSSR count). The summed E-state index contributed by atoms with van der Waals surface area (Å²) in [6, 6.07) is 7.99. The van der Waals surface area contributed by atoms with Crippen molar-refractivity contribution >= 4 is 21.2 Å². The standard InChI is InChI=1S/C16H17IN3OS/c1-17-15(21)11-4-3-5-13(8-11)20-7-6-14-12(10-20)9-18-16(19-14)22-2/h3-5,8-9H,6-7,10H2,1-2H3/q-1. The van der Waals surface area contributed by atoms with Gasteiger partial charge < -0.3 is 0 Å². The number of rotatable bonds is 4. The van der Waals surface area contributed by atoms with Crippen LogP contribution in [0.25, 0.3) is 0 Å². The van der Waals surface area contributed by atoms with Crippen LogP contribution in [0.5, 0.6) is 0 Å². The van der Waals surface area contributed by atoms with Gasteiger partial charge in [-0.1, -0.05) is 0 Å². The van der Waals surface area contributed by atoms with Crippen LogP contribution in [-0.4, -0.2) is 31.5 Å². The fourth-order valence-corrected chi connectivity index (χ4v) is 3.87. The molecular formula is C16H17IN3OS-. The van der Waals surface area contributed by atoms with Gasteiger partial charge >= 0.3 is 145 Å². The van der Waals surface area contributed by atoms with E-state index in [4.69, 9.17) is 0 Å². The second kappa shape index (κ2) is 6.95. The normalized spacial score (nSPS) is 14.0. The molecule has 0 unspecified atom stereocenters. The van der Waals surface area contributed by atoms with Gasteiger partial charge in [-0.25, -0.2) is 0 Å². The van der Waals surface area contributed by atoms with Gasteiger partial charge in [-0.05, 0) is 0 Å². The van der Waals surface area contributed by atoms with Crippen LogP contribution < -0.4 is 26.1 Å². The van der Waals surface area contributed by atoms with Crippen LogP contribution in [0.3, 0.4) is 0 Å². The fourth-order valence-electron chi connectivity index (χ4n) is 2.55. The number of anilines is 1. The number of carbonyl (C=O) groups excluding carboxylic acids is 1. The molecule has 4 nitrogen and oxygen atoms in total. The maximum absolute atomic E-state index is 11.9. The molecule has 0 N–H and O–H groups in total. The SMILES string of the molecule is CSc1ncc2c(n1)CCN(c1cccc(C(=O)[I-]C)c1)C2. The van der Waals surface area contributed by atoms with Gasteiger partial charge in [0.2, 0.25) is 0 Å². The van der Waals surface area contributed by atoms with Crippen molar-refractivity contribution in [1.82, 2.24) is 9.97 Å². The average molecular weight is 426 g/mol. The van der Waals surface area contributed by atoms with Gasteiger partial charge in [0.15, 0.2) is 0 Å². The topological polar surface area (TPSA) is 46.1 Å². The van der Waals surface area contributed by atoms with E-state index in [9.17, 15) is 4.79 Å². The molecule has 0 bridgehead atoms. The molecule has 6 heteroatoms. The zero-order valence-corrected chi connectivity index (χ0v) is 15.5. The van der Waals surface area contributed by atoms with Crippen molar-refractivity contribution in [3.63, 3.8) is 0 Å². The number of halogens is 1. The Morgan fingerprint density at radius 2 is 2.27 bits per heavy atom. The van der Waals surface area contributed by atoms with E-state index in [1.54, 1.807) is 11.8 Å².